The summed E-state index contributed by atoms with van der Waals surface area (Å²) in [6.07, 6.45) is -0.131. The summed E-state index contributed by atoms with van der Waals surface area (Å²) in [6.45, 7) is 9.02. The maximum atomic E-state index is 13.4. The second-order valence-corrected chi connectivity index (χ2v) is 8.79. The Morgan fingerprint density at radius 3 is 2.16 bits per heavy atom. The number of hydrogen-bond acceptors (Lipinski definition) is 7. The van der Waals surface area contributed by atoms with Crippen molar-refractivity contribution < 1.29 is 33.3 Å². The predicted molar refractivity (Wildman–Crippen MR) is 118 cm³/mol. The number of amides is 1. The molecule has 2 atom stereocenters. The molecular formula is C24H35NO7. The van der Waals surface area contributed by atoms with Crippen molar-refractivity contribution in [3.63, 3.8) is 0 Å². The highest BCUT2D eigenvalue weighted by atomic mass is 16.6. The number of alkyl carbamates (subject to hydrolysis) is 1. The van der Waals surface area contributed by atoms with E-state index in [0.29, 0.717) is 6.42 Å². The lowest BCUT2D eigenvalue weighted by atomic mass is 9.68. The first-order valence-corrected chi connectivity index (χ1v) is 11.0. The first kappa shape index (κ1) is 25.6. The highest BCUT2D eigenvalue weighted by Gasteiger charge is 2.59. The molecule has 0 fully saturated rings. The third-order valence-corrected chi connectivity index (χ3v) is 5.45. The zero-order valence-electron chi connectivity index (χ0n) is 19.9. The molecule has 2 rings (SSSR count). The highest BCUT2D eigenvalue weighted by Crippen LogP contribution is 2.49. The van der Waals surface area contributed by atoms with E-state index in [1.54, 1.807) is 34.6 Å². The summed E-state index contributed by atoms with van der Waals surface area (Å²) >= 11 is 0. The molecule has 0 spiro atoms. The number of methoxy groups -OCH3 is 1. The monoisotopic (exact) mass is 449 g/mol. The van der Waals surface area contributed by atoms with E-state index in [2.05, 4.69) is 5.32 Å². The first-order chi connectivity index (χ1) is 15.1. The summed E-state index contributed by atoms with van der Waals surface area (Å²) in [5.74, 6) is -2.08. The topological polar surface area (TPSA) is 100 Å². The van der Waals surface area contributed by atoms with Gasteiger partial charge >= 0.3 is 18.0 Å². The van der Waals surface area contributed by atoms with Crippen LogP contribution in [0.25, 0.3) is 0 Å². The molecule has 0 bridgehead atoms. The molecule has 2 unspecified atom stereocenters. The van der Waals surface area contributed by atoms with Crippen LogP contribution in [-0.4, -0.2) is 56.6 Å². The molecule has 0 heterocycles. The van der Waals surface area contributed by atoms with Gasteiger partial charge < -0.3 is 24.3 Å². The number of carbonyl (C=O) groups is 3. The standard InChI is InChI=1S/C24H35NO7/c1-7-30-20(26)24(13-14-29-6,21(27)31-8-2)19-17-12-10-9-11-16(17)15-18(19)25-22(28)32-23(3,4)5/h9-12,18-19H,7-8,13-15H2,1-6H3,(H,25,28). The molecule has 1 N–H and O–H groups in total. The van der Waals surface area contributed by atoms with Crippen molar-refractivity contribution in [3.8, 4) is 0 Å². The Morgan fingerprint density at radius 1 is 1.03 bits per heavy atom. The lowest BCUT2D eigenvalue weighted by Crippen LogP contribution is -2.54. The van der Waals surface area contributed by atoms with Crippen LogP contribution in [0.5, 0.6) is 0 Å². The van der Waals surface area contributed by atoms with Crippen molar-refractivity contribution in [1.29, 1.82) is 0 Å². The van der Waals surface area contributed by atoms with Crippen LogP contribution in [0.3, 0.4) is 0 Å². The average molecular weight is 450 g/mol. The van der Waals surface area contributed by atoms with E-state index in [0.717, 1.165) is 11.1 Å². The number of esters is 2. The fourth-order valence-electron chi connectivity index (χ4n) is 4.28. The fraction of sp³-hybridized carbons (Fsp3) is 0.625. The van der Waals surface area contributed by atoms with Crippen molar-refractivity contribution >= 4 is 18.0 Å². The molecule has 0 aliphatic heterocycles. The maximum absolute atomic E-state index is 13.4. The van der Waals surface area contributed by atoms with Gasteiger partial charge in [0.15, 0.2) is 5.41 Å². The predicted octanol–water partition coefficient (Wildman–Crippen LogP) is 3.37. The minimum Gasteiger partial charge on any atom is -0.465 e. The molecule has 8 heteroatoms. The Labute approximate surface area is 189 Å². The number of carbonyl (C=O) groups excluding carboxylic acids is 3. The van der Waals surface area contributed by atoms with Gasteiger partial charge in [-0.2, -0.15) is 0 Å². The number of ether oxygens (including phenoxy) is 4. The van der Waals surface area contributed by atoms with E-state index < -0.39 is 41.0 Å². The summed E-state index contributed by atoms with van der Waals surface area (Å²) in [5.41, 5.74) is -0.644. The van der Waals surface area contributed by atoms with E-state index in [1.165, 1.54) is 7.11 Å². The Kier molecular flexibility index (Phi) is 8.66. The van der Waals surface area contributed by atoms with Crippen LogP contribution in [0.15, 0.2) is 24.3 Å². The number of fused-ring (bicyclic) bond motifs is 1. The minimum atomic E-state index is -1.69. The van der Waals surface area contributed by atoms with Gasteiger partial charge in [0.05, 0.1) is 13.2 Å². The van der Waals surface area contributed by atoms with E-state index in [-0.39, 0.29) is 26.2 Å². The van der Waals surface area contributed by atoms with Crippen molar-refractivity contribution in [1.82, 2.24) is 5.32 Å². The summed E-state index contributed by atoms with van der Waals surface area (Å²) in [4.78, 5) is 39.5. The van der Waals surface area contributed by atoms with E-state index >= 15 is 0 Å². The number of nitrogens with one attached hydrogen (secondary N) is 1. The first-order valence-electron chi connectivity index (χ1n) is 11.0. The molecule has 8 nitrogen and oxygen atoms in total. The third-order valence-electron chi connectivity index (χ3n) is 5.45. The van der Waals surface area contributed by atoms with Crippen LogP contribution >= 0.6 is 0 Å². The smallest absolute Gasteiger partial charge is 0.407 e. The summed E-state index contributed by atoms with van der Waals surface area (Å²) in [5, 5.41) is 2.89. The zero-order chi connectivity index (χ0) is 23.9. The molecule has 1 aromatic carbocycles. The average Bonchev–Trinajstić information content (AvgIpc) is 3.06. The van der Waals surface area contributed by atoms with Gasteiger partial charge in [-0.3, -0.25) is 9.59 Å². The lowest BCUT2D eigenvalue weighted by molar-refractivity contribution is -0.176. The van der Waals surface area contributed by atoms with E-state index in [4.69, 9.17) is 18.9 Å². The van der Waals surface area contributed by atoms with Gasteiger partial charge in [0.25, 0.3) is 0 Å². The molecule has 0 saturated heterocycles. The number of rotatable bonds is 9. The second kappa shape index (κ2) is 10.8. The Balaban J connectivity index is 2.61. The van der Waals surface area contributed by atoms with Gasteiger partial charge in [0.1, 0.15) is 5.60 Å². The maximum Gasteiger partial charge on any atom is 0.407 e. The summed E-state index contributed by atoms with van der Waals surface area (Å²) in [6, 6.07) is 6.96. The Hall–Kier alpha value is -2.61. The van der Waals surface area contributed by atoms with Crippen LogP contribution in [-0.2, 0) is 35.0 Å². The third kappa shape index (κ3) is 5.59. The zero-order valence-corrected chi connectivity index (χ0v) is 19.9. The normalized spacial score (nSPS) is 17.9. The lowest BCUT2D eigenvalue weighted by Gasteiger charge is -2.38. The molecule has 32 heavy (non-hydrogen) atoms. The number of benzene rings is 1. The number of hydrogen-bond donors (Lipinski definition) is 1. The van der Waals surface area contributed by atoms with E-state index in [9.17, 15) is 14.4 Å². The second-order valence-electron chi connectivity index (χ2n) is 8.79. The molecular weight excluding hydrogens is 414 g/mol. The molecule has 1 aliphatic carbocycles. The van der Waals surface area contributed by atoms with Crippen LogP contribution in [0, 0.1) is 5.41 Å². The summed E-state index contributed by atoms with van der Waals surface area (Å²) in [7, 11) is 1.50. The minimum absolute atomic E-state index is 0.0483. The largest absolute Gasteiger partial charge is 0.465 e. The molecule has 0 radical (unpaired) electrons. The van der Waals surface area contributed by atoms with Gasteiger partial charge in [-0.1, -0.05) is 24.3 Å². The molecule has 1 aliphatic rings. The Morgan fingerprint density at radius 2 is 1.62 bits per heavy atom. The van der Waals surface area contributed by atoms with Gasteiger partial charge in [0, 0.05) is 25.7 Å². The van der Waals surface area contributed by atoms with Crippen LogP contribution in [0.1, 0.15) is 58.1 Å². The summed E-state index contributed by atoms with van der Waals surface area (Å²) < 4.78 is 21.5. The highest BCUT2D eigenvalue weighted by molar-refractivity contribution is 6.02. The van der Waals surface area contributed by atoms with Gasteiger partial charge in [-0.05, 0) is 58.6 Å². The molecule has 1 amide bonds. The fourth-order valence-corrected chi connectivity index (χ4v) is 4.28. The van der Waals surface area contributed by atoms with Crippen molar-refractivity contribution in [3.05, 3.63) is 35.4 Å². The quantitative estimate of drug-likeness (QED) is 0.350. The van der Waals surface area contributed by atoms with Crippen LogP contribution in [0.2, 0.25) is 0 Å². The molecule has 178 valence electrons. The molecule has 0 saturated carbocycles. The van der Waals surface area contributed by atoms with Crippen molar-refractivity contribution in [2.75, 3.05) is 26.9 Å². The van der Waals surface area contributed by atoms with E-state index in [1.807, 2.05) is 24.3 Å². The molecule has 1 aromatic rings. The van der Waals surface area contributed by atoms with Crippen LogP contribution in [0.4, 0.5) is 4.79 Å². The van der Waals surface area contributed by atoms with Gasteiger partial charge in [0.2, 0.25) is 0 Å². The van der Waals surface area contributed by atoms with Crippen molar-refractivity contribution in [2.45, 2.75) is 65.0 Å². The van der Waals surface area contributed by atoms with Crippen LogP contribution < -0.4 is 5.32 Å². The SMILES string of the molecule is CCOC(=O)C(CCOC)(C(=O)OCC)C1c2ccccc2CC1NC(=O)OC(C)(C)C. The van der Waals surface area contributed by atoms with Gasteiger partial charge in [-0.25, -0.2) is 4.79 Å². The van der Waals surface area contributed by atoms with Crippen molar-refractivity contribution in [2.24, 2.45) is 5.41 Å². The Bertz CT molecular complexity index is 797. The molecule has 0 aromatic heterocycles. The van der Waals surface area contributed by atoms with Gasteiger partial charge in [-0.15, -0.1) is 0 Å².